The number of carbonyl (C=O) groups excluding carboxylic acids is 1. The Kier molecular flexibility index (Phi) is 2.31. The highest BCUT2D eigenvalue weighted by Crippen LogP contribution is 2.22. The monoisotopic (exact) mass is 209 g/mol. The summed E-state index contributed by atoms with van der Waals surface area (Å²) in [5.41, 5.74) is -0.726. The van der Waals surface area contributed by atoms with Crippen molar-refractivity contribution in [1.29, 1.82) is 0 Å². The number of likely N-dealkylation sites (tertiary alicyclic amines) is 1. The van der Waals surface area contributed by atoms with Gasteiger partial charge >= 0.3 is 0 Å². The van der Waals surface area contributed by atoms with Gasteiger partial charge in [-0.3, -0.25) is 4.79 Å². The molecule has 82 valence electrons. The predicted molar refractivity (Wildman–Crippen MR) is 54.6 cm³/mol. The van der Waals surface area contributed by atoms with Gasteiger partial charge in [0.1, 0.15) is 5.76 Å². The summed E-state index contributed by atoms with van der Waals surface area (Å²) in [5.74, 6) is 1.04. The second kappa shape index (κ2) is 3.38. The van der Waals surface area contributed by atoms with Crippen molar-refractivity contribution in [2.24, 2.45) is 0 Å². The van der Waals surface area contributed by atoms with Gasteiger partial charge in [-0.15, -0.1) is 0 Å². The predicted octanol–water partition coefficient (Wildman–Crippen LogP) is 1.05. The van der Waals surface area contributed by atoms with Crippen molar-refractivity contribution in [2.75, 3.05) is 13.1 Å². The molecule has 0 aromatic carbocycles. The minimum absolute atomic E-state index is 0.138. The molecule has 1 aliphatic heterocycles. The highest BCUT2D eigenvalue weighted by Gasteiger charge is 2.40. The van der Waals surface area contributed by atoms with Gasteiger partial charge in [-0.25, -0.2) is 0 Å². The number of β-amino-alcohol motifs (C(OH)–C–C–N with tert-alkyl or cyclic N) is 1. The number of carbonyl (C=O) groups is 1. The number of nitrogens with zero attached hydrogens (tertiary/aromatic N) is 1. The number of amides is 1. The SMILES string of the molecule is CCc1ccc(C(=O)N2CC(C)(O)C2)o1. The van der Waals surface area contributed by atoms with E-state index in [4.69, 9.17) is 4.42 Å². The molecule has 4 nitrogen and oxygen atoms in total. The van der Waals surface area contributed by atoms with E-state index in [1.807, 2.05) is 13.0 Å². The van der Waals surface area contributed by atoms with Gasteiger partial charge in [-0.2, -0.15) is 0 Å². The third kappa shape index (κ3) is 1.90. The van der Waals surface area contributed by atoms with Gasteiger partial charge in [0.05, 0.1) is 18.7 Å². The van der Waals surface area contributed by atoms with E-state index >= 15 is 0 Å². The molecule has 1 aliphatic rings. The zero-order valence-corrected chi connectivity index (χ0v) is 8.99. The molecule has 0 bridgehead atoms. The van der Waals surface area contributed by atoms with Gasteiger partial charge in [-0.05, 0) is 19.1 Å². The first-order valence-electron chi connectivity index (χ1n) is 5.12. The molecule has 1 saturated heterocycles. The summed E-state index contributed by atoms with van der Waals surface area (Å²) in [4.78, 5) is 13.3. The second-order valence-electron chi connectivity index (χ2n) is 4.28. The van der Waals surface area contributed by atoms with Crippen LogP contribution >= 0.6 is 0 Å². The molecule has 0 atom stereocenters. The summed E-state index contributed by atoms with van der Waals surface area (Å²) in [6.45, 7) is 4.46. The molecule has 0 spiro atoms. The van der Waals surface area contributed by atoms with Crippen LogP contribution in [-0.2, 0) is 6.42 Å². The minimum Gasteiger partial charge on any atom is -0.456 e. The third-order valence-electron chi connectivity index (χ3n) is 2.57. The first-order chi connectivity index (χ1) is 7.02. The molecule has 1 fully saturated rings. The first kappa shape index (κ1) is 10.2. The number of aliphatic hydroxyl groups is 1. The fourth-order valence-electron chi connectivity index (χ4n) is 1.76. The molecule has 0 aliphatic carbocycles. The summed E-state index contributed by atoms with van der Waals surface area (Å²) >= 11 is 0. The van der Waals surface area contributed by atoms with Gasteiger partial charge < -0.3 is 14.4 Å². The average Bonchev–Trinajstić information content (AvgIpc) is 2.61. The Bertz CT molecular complexity index is 373. The van der Waals surface area contributed by atoms with Gasteiger partial charge in [0, 0.05) is 6.42 Å². The molecule has 4 heteroatoms. The van der Waals surface area contributed by atoms with Crippen molar-refractivity contribution in [2.45, 2.75) is 25.9 Å². The van der Waals surface area contributed by atoms with Crippen LogP contribution in [-0.4, -0.2) is 34.6 Å². The zero-order valence-electron chi connectivity index (χ0n) is 8.99. The van der Waals surface area contributed by atoms with Crippen LogP contribution in [0.5, 0.6) is 0 Å². The first-order valence-corrected chi connectivity index (χ1v) is 5.12. The molecule has 0 unspecified atom stereocenters. The van der Waals surface area contributed by atoms with Gasteiger partial charge in [0.25, 0.3) is 5.91 Å². The van der Waals surface area contributed by atoms with E-state index in [0.29, 0.717) is 18.8 Å². The lowest BCUT2D eigenvalue weighted by atomic mass is 9.97. The Labute approximate surface area is 88.5 Å². The minimum atomic E-state index is -0.726. The van der Waals surface area contributed by atoms with Crippen LogP contribution in [0.3, 0.4) is 0 Å². The summed E-state index contributed by atoms with van der Waals surface area (Å²) in [5, 5.41) is 9.51. The number of hydrogen-bond acceptors (Lipinski definition) is 3. The van der Waals surface area contributed by atoms with E-state index in [2.05, 4.69) is 0 Å². The van der Waals surface area contributed by atoms with Crippen molar-refractivity contribution < 1.29 is 14.3 Å². The lowest BCUT2D eigenvalue weighted by Gasteiger charge is -2.43. The highest BCUT2D eigenvalue weighted by molar-refractivity contribution is 5.92. The number of furan rings is 1. The average molecular weight is 209 g/mol. The van der Waals surface area contributed by atoms with E-state index in [1.54, 1.807) is 17.9 Å². The molecule has 1 N–H and O–H groups in total. The molecule has 1 aromatic rings. The molecule has 2 heterocycles. The maximum absolute atomic E-state index is 11.8. The van der Waals surface area contributed by atoms with Crippen molar-refractivity contribution in [3.8, 4) is 0 Å². The molecule has 1 amide bonds. The maximum Gasteiger partial charge on any atom is 0.289 e. The molecule has 1 aromatic heterocycles. The Balaban J connectivity index is 2.03. The van der Waals surface area contributed by atoms with Crippen molar-refractivity contribution in [3.63, 3.8) is 0 Å². The summed E-state index contributed by atoms with van der Waals surface area (Å²) in [6.07, 6.45) is 0.783. The van der Waals surface area contributed by atoms with Crippen LogP contribution in [0.25, 0.3) is 0 Å². The normalized spacial score (nSPS) is 18.7. The fraction of sp³-hybridized carbons (Fsp3) is 0.545. The lowest BCUT2D eigenvalue weighted by molar-refractivity contribution is -0.0678. The van der Waals surface area contributed by atoms with Crippen LogP contribution in [0, 0.1) is 0 Å². The Hall–Kier alpha value is -1.29. The topological polar surface area (TPSA) is 53.7 Å². The van der Waals surface area contributed by atoms with Crippen LogP contribution in [0.15, 0.2) is 16.5 Å². The zero-order chi connectivity index (χ0) is 11.1. The Morgan fingerprint density at radius 3 is 2.73 bits per heavy atom. The summed E-state index contributed by atoms with van der Waals surface area (Å²) in [7, 11) is 0. The summed E-state index contributed by atoms with van der Waals surface area (Å²) in [6, 6.07) is 3.50. The van der Waals surface area contributed by atoms with Gasteiger partial charge in [-0.1, -0.05) is 6.92 Å². The molecule has 0 saturated carbocycles. The molecule has 2 rings (SSSR count). The smallest absolute Gasteiger partial charge is 0.289 e. The van der Waals surface area contributed by atoms with E-state index < -0.39 is 5.60 Å². The molecular formula is C11H15NO3. The highest BCUT2D eigenvalue weighted by atomic mass is 16.4. The van der Waals surface area contributed by atoms with E-state index in [-0.39, 0.29) is 5.91 Å². The molecule has 15 heavy (non-hydrogen) atoms. The van der Waals surface area contributed by atoms with Crippen molar-refractivity contribution in [1.82, 2.24) is 4.90 Å². The van der Waals surface area contributed by atoms with Crippen molar-refractivity contribution in [3.05, 3.63) is 23.7 Å². The fourth-order valence-corrected chi connectivity index (χ4v) is 1.76. The van der Waals surface area contributed by atoms with Crippen LogP contribution in [0.4, 0.5) is 0 Å². The second-order valence-corrected chi connectivity index (χ2v) is 4.28. The molecular weight excluding hydrogens is 194 g/mol. The van der Waals surface area contributed by atoms with Crippen molar-refractivity contribution >= 4 is 5.91 Å². The number of hydrogen-bond donors (Lipinski definition) is 1. The standard InChI is InChI=1S/C11H15NO3/c1-3-8-4-5-9(15-8)10(13)12-6-11(2,14)7-12/h4-5,14H,3,6-7H2,1-2H3. The number of aryl methyl sites for hydroxylation is 1. The quantitative estimate of drug-likeness (QED) is 0.792. The van der Waals surface area contributed by atoms with Gasteiger partial charge in [0.2, 0.25) is 0 Å². The van der Waals surface area contributed by atoms with Gasteiger partial charge in [0.15, 0.2) is 5.76 Å². The molecule has 0 radical (unpaired) electrons. The van der Waals surface area contributed by atoms with Crippen LogP contribution in [0.2, 0.25) is 0 Å². The lowest BCUT2D eigenvalue weighted by Crippen LogP contribution is -2.61. The van der Waals surface area contributed by atoms with Crippen LogP contribution in [0.1, 0.15) is 30.2 Å². The largest absolute Gasteiger partial charge is 0.456 e. The Morgan fingerprint density at radius 2 is 2.27 bits per heavy atom. The number of rotatable bonds is 2. The summed E-state index contributed by atoms with van der Waals surface area (Å²) < 4.78 is 5.35. The van der Waals surface area contributed by atoms with E-state index in [9.17, 15) is 9.90 Å². The maximum atomic E-state index is 11.8. The third-order valence-corrected chi connectivity index (χ3v) is 2.57. The van der Waals surface area contributed by atoms with E-state index in [0.717, 1.165) is 12.2 Å². The van der Waals surface area contributed by atoms with E-state index in [1.165, 1.54) is 0 Å². The Morgan fingerprint density at radius 1 is 1.60 bits per heavy atom. The van der Waals surface area contributed by atoms with Crippen LogP contribution < -0.4 is 0 Å².